The van der Waals surface area contributed by atoms with Crippen molar-refractivity contribution in [1.82, 2.24) is 21.1 Å². The molecule has 1 unspecified atom stereocenters. The maximum Gasteiger partial charge on any atom is 0.325 e. The van der Waals surface area contributed by atoms with E-state index in [2.05, 4.69) is 16.1 Å². The maximum absolute atomic E-state index is 13.5. The van der Waals surface area contributed by atoms with Crippen LogP contribution in [0.5, 0.6) is 0 Å². The lowest BCUT2D eigenvalue weighted by Crippen LogP contribution is -2.57. The average Bonchev–Trinajstić information content (AvgIpc) is 2.86. The molecule has 208 valence electrons. The summed E-state index contributed by atoms with van der Waals surface area (Å²) in [4.78, 5) is 63.4. The first-order valence-corrected chi connectivity index (χ1v) is 12.3. The number of benzene rings is 2. The highest BCUT2D eigenvalue weighted by atomic mass is 35.5. The normalized spacial score (nSPS) is 12.7. The zero-order valence-corrected chi connectivity index (χ0v) is 22.8. The molecule has 11 nitrogen and oxygen atoms in total. The third kappa shape index (κ3) is 8.85. The van der Waals surface area contributed by atoms with E-state index < -0.39 is 53.6 Å². The molecule has 12 heteroatoms. The van der Waals surface area contributed by atoms with E-state index in [9.17, 15) is 29.1 Å². The number of nitrogens with two attached hydrogens (primary N) is 1. The van der Waals surface area contributed by atoms with Crippen LogP contribution in [0.4, 0.5) is 5.69 Å². The number of carboxylic acids is 1. The van der Waals surface area contributed by atoms with Gasteiger partial charge in [-0.25, -0.2) is 5.01 Å². The van der Waals surface area contributed by atoms with Crippen LogP contribution < -0.4 is 21.8 Å². The first kappa shape index (κ1) is 30.8. The summed E-state index contributed by atoms with van der Waals surface area (Å²) in [7, 11) is 0. The minimum absolute atomic E-state index is 0.179. The summed E-state index contributed by atoms with van der Waals surface area (Å²) in [5.74, 6) is -4.26. The van der Waals surface area contributed by atoms with E-state index in [1.165, 1.54) is 24.3 Å². The Kier molecular flexibility index (Phi) is 10.6. The minimum atomic E-state index is -1.35. The van der Waals surface area contributed by atoms with Crippen molar-refractivity contribution >= 4 is 46.9 Å². The maximum atomic E-state index is 13.5. The summed E-state index contributed by atoms with van der Waals surface area (Å²) in [6, 6.07) is 10.0. The number of carbonyl (C=O) groups is 5. The quantitative estimate of drug-likeness (QED) is 0.179. The number of hydrogen-bond donors (Lipinski definition) is 5. The van der Waals surface area contributed by atoms with Gasteiger partial charge in [0.05, 0.1) is 10.7 Å². The van der Waals surface area contributed by atoms with Crippen molar-refractivity contribution in [1.29, 1.82) is 0 Å². The molecular weight excluding hydrogens is 526 g/mol. The van der Waals surface area contributed by atoms with Crippen LogP contribution in [-0.2, 0) is 19.2 Å². The van der Waals surface area contributed by atoms with Gasteiger partial charge in [0.25, 0.3) is 17.7 Å². The number of halogens is 1. The molecule has 2 rings (SSSR count). The Hall–Kier alpha value is -4.38. The number of allylic oxidation sites excluding steroid dienone is 1. The van der Waals surface area contributed by atoms with Crippen molar-refractivity contribution in [2.24, 2.45) is 5.41 Å². The van der Waals surface area contributed by atoms with Gasteiger partial charge in [0.1, 0.15) is 18.6 Å². The molecule has 0 fully saturated rings. The molecule has 39 heavy (non-hydrogen) atoms. The van der Waals surface area contributed by atoms with Crippen LogP contribution in [0.1, 0.15) is 49.7 Å². The smallest absolute Gasteiger partial charge is 0.325 e. The predicted molar refractivity (Wildman–Crippen MR) is 146 cm³/mol. The van der Waals surface area contributed by atoms with Gasteiger partial charge in [0, 0.05) is 11.6 Å². The topological polar surface area (TPSA) is 171 Å². The van der Waals surface area contributed by atoms with E-state index in [-0.39, 0.29) is 10.6 Å². The summed E-state index contributed by atoms with van der Waals surface area (Å²) >= 11 is 6.04. The molecule has 0 saturated carbocycles. The van der Waals surface area contributed by atoms with Gasteiger partial charge in [-0.05, 0) is 36.1 Å². The zero-order chi connectivity index (χ0) is 29.3. The zero-order valence-electron chi connectivity index (χ0n) is 22.0. The number of nitrogen functional groups attached to an aromatic ring is 1. The number of rotatable bonds is 9. The first-order chi connectivity index (χ1) is 18.2. The van der Waals surface area contributed by atoms with Crippen molar-refractivity contribution < 1.29 is 29.1 Å². The highest BCUT2D eigenvalue weighted by Gasteiger charge is 2.36. The van der Waals surface area contributed by atoms with Crippen molar-refractivity contribution in [3.63, 3.8) is 0 Å². The molecule has 2 aromatic rings. The van der Waals surface area contributed by atoms with Gasteiger partial charge in [-0.15, -0.1) is 0 Å². The first-order valence-electron chi connectivity index (χ1n) is 11.9. The molecule has 0 saturated heterocycles. The fourth-order valence-electron chi connectivity index (χ4n) is 3.47. The fourth-order valence-corrected chi connectivity index (χ4v) is 3.65. The highest BCUT2D eigenvalue weighted by Crippen LogP contribution is 2.24. The molecule has 2 aromatic carbocycles. The summed E-state index contributed by atoms with van der Waals surface area (Å²) in [5.41, 5.74) is 8.03. The number of hydrogen-bond acceptors (Lipinski definition) is 6. The molecule has 0 aliphatic heterocycles. The monoisotopic (exact) mass is 557 g/mol. The van der Waals surface area contributed by atoms with E-state index in [0.29, 0.717) is 16.3 Å². The third-order valence-electron chi connectivity index (χ3n) is 5.46. The van der Waals surface area contributed by atoms with Gasteiger partial charge in [-0.1, -0.05) is 68.8 Å². The second kappa shape index (κ2) is 13.4. The number of aliphatic carboxylic acids is 1. The summed E-state index contributed by atoms with van der Waals surface area (Å²) in [5, 5.41) is 15.3. The number of carbonyl (C=O) groups excluding carboxylic acids is 4. The second-order valence-electron chi connectivity index (χ2n) is 9.66. The lowest BCUT2D eigenvalue weighted by molar-refractivity contribution is -0.148. The van der Waals surface area contributed by atoms with Gasteiger partial charge in [0.15, 0.2) is 0 Å². The van der Waals surface area contributed by atoms with Crippen LogP contribution in [0.25, 0.3) is 0 Å². The van der Waals surface area contributed by atoms with Gasteiger partial charge in [-0.3, -0.25) is 29.4 Å². The molecule has 0 aromatic heterocycles. The number of carboxylic acid groups (broad SMARTS) is 1. The van der Waals surface area contributed by atoms with Crippen molar-refractivity contribution in [2.45, 2.75) is 39.8 Å². The summed E-state index contributed by atoms with van der Waals surface area (Å²) in [6.07, 6.45) is 2.48. The molecule has 0 aliphatic carbocycles. The van der Waals surface area contributed by atoms with Crippen LogP contribution in [0, 0.1) is 5.41 Å². The Balaban J connectivity index is 2.36. The van der Waals surface area contributed by atoms with Crippen molar-refractivity contribution in [3.8, 4) is 0 Å². The molecule has 0 aliphatic rings. The Labute approximate surface area is 231 Å². The lowest BCUT2D eigenvalue weighted by Gasteiger charge is -2.32. The van der Waals surface area contributed by atoms with E-state index in [1.54, 1.807) is 58.0 Å². The van der Waals surface area contributed by atoms with Crippen LogP contribution in [0.2, 0.25) is 5.02 Å². The van der Waals surface area contributed by atoms with Crippen molar-refractivity contribution in [3.05, 3.63) is 76.8 Å². The number of anilines is 1. The lowest BCUT2D eigenvalue weighted by atomic mass is 9.85. The molecule has 0 bridgehead atoms. The molecule has 4 amide bonds. The minimum Gasteiger partial charge on any atom is -0.480 e. The van der Waals surface area contributed by atoms with E-state index >= 15 is 0 Å². The largest absolute Gasteiger partial charge is 0.480 e. The molecule has 0 heterocycles. The second-order valence-corrected chi connectivity index (χ2v) is 10.1. The third-order valence-corrected chi connectivity index (χ3v) is 5.79. The van der Waals surface area contributed by atoms with E-state index in [4.69, 9.17) is 17.3 Å². The van der Waals surface area contributed by atoms with Crippen LogP contribution >= 0.6 is 11.6 Å². The number of nitrogens with one attached hydrogen (secondary N) is 3. The van der Waals surface area contributed by atoms with Gasteiger partial charge in [-0.2, -0.15) is 0 Å². The number of amides is 4. The SMILES string of the molecule is C/C=C/C(=O)N(CC(=O)O)NC(=O)C(NC(=O)[C@@H](NC(=O)c1ccc(N)c(Cl)c1)C(C)(C)C)c1ccccc1. The van der Waals surface area contributed by atoms with Crippen molar-refractivity contribution in [2.75, 3.05) is 12.3 Å². The molecule has 6 N–H and O–H groups in total. The highest BCUT2D eigenvalue weighted by molar-refractivity contribution is 6.33. The van der Waals surface area contributed by atoms with E-state index in [0.717, 1.165) is 6.08 Å². The number of nitrogens with zero attached hydrogens (tertiary/aromatic N) is 1. The molecule has 0 spiro atoms. The Bertz CT molecular complexity index is 1260. The van der Waals surface area contributed by atoms with E-state index in [1.807, 2.05) is 0 Å². The predicted octanol–water partition coefficient (Wildman–Crippen LogP) is 2.44. The van der Waals surface area contributed by atoms with Crippen LogP contribution in [-0.4, -0.2) is 52.3 Å². The standard InChI is InChI=1S/C27H32ClN5O6/c1-5-9-20(34)33(15-21(35)36)32-25(38)22(16-10-7-6-8-11-16)30-26(39)23(27(2,3)4)31-24(37)17-12-13-19(29)18(28)14-17/h5-14,22-23H,15,29H2,1-4H3,(H,30,39)(H,31,37)(H,32,38)(H,35,36)/b9-5+/t22?,23-/m1/s1. The Morgan fingerprint density at radius 3 is 2.21 bits per heavy atom. The summed E-state index contributed by atoms with van der Waals surface area (Å²) in [6.45, 7) is 5.94. The Morgan fingerprint density at radius 1 is 1.03 bits per heavy atom. The fraction of sp³-hybridized carbons (Fsp3) is 0.296. The Morgan fingerprint density at radius 2 is 1.67 bits per heavy atom. The van der Waals surface area contributed by atoms with Gasteiger partial charge >= 0.3 is 5.97 Å². The van der Waals surface area contributed by atoms with Gasteiger partial charge < -0.3 is 21.5 Å². The number of hydrazine groups is 1. The van der Waals surface area contributed by atoms with Crippen LogP contribution in [0.15, 0.2) is 60.7 Å². The molecule has 0 radical (unpaired) electrons. The average molecular weight is 558 g/mol. The van der Waals surface area contributed by atoms with Crippen LogP contribution in [0.3, 0.4) is 0 Å². The molecule has 2 atom stereocenters. The summed E-state index contributed by atoms with van der Waals surface area (Å²) < 4.78 is 0. The van der Waals surface area contributed by atoms with Gasteiger partial charge in [0.2, 0.25) is 5.91 Å². The molecular formula is C27H32ClN5O6.